The smallest absolute Gasteiger partial charge is 0.250 e. The van der Waals surface area contributed by atoms with Crippen molar-refractivity contribution < 1.29 is 4.43 Å². The molecule has 1 aliphatic carbocycles. The van der Waals surface area contributed by atoms with Gasteiger partial charge in [-0.2, -0.15) is 5.10 Å². The number of aromatic nitrogens is 2. The lowest BCUT2D eigenvalue weighted by Gasteiger charge is -2.36. The average Bonchev–Trinajstić information content (AvgIpc) is 3.03. The van der Waals surface area contributed by atoms with E-state index in [0.29, 0.717) is 11.9 Å². The largest absolute Gasteiger partial charge is 0.543 e. The third kappa shape index (κ3) is 6.40. The SMILES string of the molecule is CCc1cc(O[Si](C)(C)C(C)(C)C)ccc1N=C(N)c1cnn2cc(Br)cc2c1NC1CCCCCC1. The maximum atomic E-state index is 6.71. The van der Waals surface area contributed by atoms with Gasteiger partial charge in [0.25, 0.3) is 0 Å². The molecule has 1 fully saturated rings. The summed E-state index contributed by atoms with van der Waals surface area (Å²) < 4.78 is 9.43. The van der Waals surface area contributed by atoms with Crippen LogP contribution in [0.25, 0.3) is 5.52 Å². The van der Waals surface area contributed by atoms with Crippen molar-refractivity contribution in [2.24, 2.45) is 10.7 Å². The van der Waals surface area contributed by atoms with E-state index in [1.54, 1.807) is 0 Å². The Balaban J connectivity index is 1.70. The number of benzene rings is 1. The Bertz CT molecular complexity index is 1270. The van der Waals surface area contributed by atoms with E-state index in [1.165, 1.54) is 38.5 Å². The maximum Gasteiger partial charge on any atom is 0.250 e. The first-order valence-corrected chi connectivity index (χ1v) is 17.3. The Hall–Kier alpha value is -2.32. The van der Waals surface area contributed by atoms with Crippen molar-refractivity contribution in [3.8, 4) is 5.75 Å². The van der Waals surface area contributed by atoms with Gasteiger partial charge in [0.1, 0.15) is 11.6 Å². The summed E-state index contributed by atoms with van der Waals surface area (Å²) in [5, 5.41) is 8.60. The van der Waals surface area contributed by atoms with Crippen molar-refractivity contribution in [2.75, 3.05) is 5.32 Å². The molecule has 37 heavy (non-hydrogen) atoms. The summed E-state index contributed by atoms with van der Waals surface area (Å²) in [5.41, 5.74) is 11.5. The van der Waals surface area contributed by atoms with E-state index < -0.39 is 8.32 Å². The van der Waals surface area contributed by atoms with Crippen molar-refractivity contribution in [3.05, 3.63) is 52.3 Å². The number of hydrogen-bond donors (Lipinski definition) is 2. The van der Waals surface area contributed by atoms with Gasteiger partial charge in [0.2, 0.25) is 8.32 Å². The topological polar surface area (TPSA) is 76.9 Å². The zero-order valence-electron chi connectivity index (χ0n) is 23.2. The molecule has 6 nitrogen and oxygen atoms in total. The third-order valence-electron chi connectivity index (χ3n) is 7.94. The van der Waals surface area contributed by atoms with Crippen LogP contribution in [0.15, 0.2) is 46.1 Å². The van der Waals surface area contributed by atoms with Gasteiger partial charge in [-0.1, -0.05) is 53.4 Å². The van der Waals surface area contributed by atoms with E-state index in [9.17, 15) is 0 Å². The summed E-state index contributed by atoms with van der Waals surface area (Å²) in [6.07, 6.45) is 12.1. The van der Waals surface area contributed by atoms with Crippen LogP contribution in [-0.2, 0) is 6.42 Å². The molecule has 200 valence electrons. The van der Waals surface area contributed by atoms with Gasteiger partial charge in [-0.3, -0.25) is 0 Å². The fourth-order valence-electron chi connectivity index (χ4n) is 4.65. The molecule has 0 atom stereocenters. The molecule has 0 amide bonds. The first-order chi connectivity index (χ1) is 17.5. The van der Waals surface area contributed by atoms with Gasteiger partial charge in [-0.15, -0.1) is 0 Å². The fraction of sp³-hybridized carbons (Fsp3) is 0.517. The number of anilines is 1. The lowest BCUT2D eigenvalue weighted by atomic mass is 10.1. The Kier molecular flexibility index (Phi) is 8.38. The van der Waals surface area contributed by atoms with Crippen LogP contribution in [0.1, 0.15) is 77.3 Å². The summed E-state index contributed by atoms with van der Waals surface area (Å²) in [6.45, 7) is 13.5. The highest BCUT2D eigenvalue weighted by molar-refractivity contribution is 9.10. The summed E-state index contributed by atoms with van der Waals surface area (Å²) in [5.74, 6) is 1.38. The second-order valence-electron chi connectivity index (χ2n) is 11.8. The first kappa shape index (κ1) is 27.7. The van der Waals surface area contributed by atoms with E-state index >= 15 is 0 Å². The van der Waals surface area contributed by atoms with Crippen molar-refractivity contribution in [1.82, 2.24) is 9.61 Å². The predicted octanol–water partition coefficient (Wildman–Crippen LogP) is 8.21. The lowest BCUT2D eigenvalue weighted by Crippen LogP contribution is -2.43. The monoisotopic (exact) mass is 583 g/mol. The van der Waals surface area contributed by atoms with Crippen LogP contribution >= 0.6 is 15.9 Å². The van der Waals surface area contributed by atoms with Crippen LogP contribution in [0.5, 0.6) is 5.75 Å². The van der Waals surface area contributed by atoms with Gasteiger partial charge in [0, 0.05) is 16.7 Å². The highest BCUT2D eigenvalue weighted by Gasteiger charge is 2.39. The number of aryl methyl sites for hydroxylation is 1. The summed E-state index contributed by atoms with van der Waals surface area (Å²) in [4.78, 5) is 4.92. The van der Waals surface area contributed by atoms with Crippen molar-refractivity contribution in [2.45, 2.75) is 96.8 Å². The maximum absolute atomic E-state index is 6.71. The third-order valence-corrected chi connectivity index (χ3v) is 12.7. The molecule has 1 saturated carbocycles. The minimum Gasteiger partial charge on any atom is -0.543 e. The molecule has 2 heterocycles. The van der Waals surface area contributed by atoms with Crippen LogP contribution in [-0.4, -0.2) is 29.8 Å². The number of nitrogens with one attached hydrogen (secondary N) is 1. The standard InChI is InChI=1S/C29H42BrN5OSi/c1-7-20-16-23(36-37(5,6)29(2,3)4)14-15-25(20)34-28(31)24-18-32-35-19-21(30)17-26(35)27(24)33-22-12-10-8-9-11-13-22/h14-19,22,33H,7-13H2,1-6H3,(H2,31,34). The number of nitrogens with two attached hydrogens (primary N) is 1. The summed E-state index contributed by atoms with van der Waals surface area (Å²) in [7, 11) is -1.92. The first-order valence-electron chi connectivity index (χ1n) is 13.6. The Labute approximate surface area is 231 Å². The number of rotatable bonds is 7. The Morgan fingerprint density at radius 3 is 2.54 bits per heavy atom. The average molecular weight is 585 g/mol. The minimum absolute atomic E-state index is 0.140. The molecule has 0 spiro atoms. The molecule has 1 aromatic carbocycles. The highest BCUT2D eigenvalue weighted by Crippen LogP contribution is 2.38. The fourth-order valence-corrected chi connectivity index (χ4v) is 6.09. The molecule has 0 radical (unpaired) electrons. The molecule has 0 saturated heterocycles. The molecule has 4 rings (SSSR count). The number of nitrogens with zero attached hydrogens (tertiary/aromatic N) is 3. The normalized spacial score (nSPS) is 16.1. The zero-order chi connectivity index (χ0) is 26.8. The highest BCUT2D eigenvalue weighted by atomic mass is 79.9. The Morgan fingerprint density at radius 1 is 1.19 bits per heavy atom. The van der Waals surface area contributed by atoms with Gasteiger partial charge < -0.3 is 15.5 Å². The van der Waals surface area contributed by atoms with Crippen LogP contribution in [0.3, 0.4) is 0 Å². The molecular weight excluding hydrogens is 542 g/mol. The Morgan fingerprint density at radius 2 is 1.89 bits per heavy atom. The number of hydrogen-bond acceptors (Lipinski definition) is 4. The van der Waals surface area contributed by atoms with Crippen LogP contribution in [0.2, 0.25) is 18.1 Å². The number of aliphatic imine (C=N–C) groups is 1. The second kappa shape index (κ2) is 11.2. The summed E-state index contributed by atoms with van der Waals surface area (Å²) in [6, 6.07) is 8.71. The van der Waals surface area contributed by atoms with Gasteiger partial charge in [-0.05, 0) is 83.2 Å². The van der Waals surface area contributed by atoms with E-state index in [0.717, 1.165) is 44.7 Å². The minimum atomic E-state index is -1.92. The van der Waals surface area contributed by atoms with E-state index in [4.69, 9.17) is 15.2 Å². The van der Waals surface area contributed by atoms with Gasteiger partial charge in [-0.25, -0.2) is 9.51 Å². The molecule has 3 aromatic rings. The van der Waals surface area contributed by atoms with Gasteiger partial charge in [0.05, 0.1) is 28.7 Å². The van der Waals surface area contributed by atoms with Crippen LogP contribution in [0, 0.1) is 0 Å². The number of halogens is 1. The van der Waals surface area contributed by atoms with Gasteiger partial charge in [0.15, 0.2) is 0 Å². The molecule has 0 bridgehead atoms. The predicted molar refractivity (Wildman–Crippen MR) is 162 cm³/mol. The molecular formula is C29H42BrN5OSi. The molecule has 0 unspecified atom stereocenters. The molecule has 2 aromatic heterocycles. The number of fused-ring (bicyclic) bond motifs is 1. The lowest BCUT2D eigenvalue weighted by molar-refractivity contribution is 0.492. The molecule has 3 N–H and O–H groups in total. The van der Waals surface area contributed by atoms with Crippen molar-refractivity contribution in [1.29, 1.82) is 0 Å². The zero-order valence-corrected chi connectivity index (χ0v) is 25.8. The molecule has 0 aliphatic heterocycles. The van der Waals surface area contributed by atoms with E-state index in [-0.39, 0.29) is 5.04 Å². The van der Waals surface area contributed by atoms with Crippen LogP contribution in [0.4, 0.5) is 11.4 Å². The summed E-state index contributed by atoms with van der Waals surface area (Å²) >= 11 is 3.61. The van der Waals surface area contributed by atoms with E-state index in [2.05, 4.69) is 79.3 Å². The van der Waals surface area contributed by atoms with Crippen LogP contribution < -0.4 is 15.5 Å². The molecule has 1 aliphatic rings. The van der Waals surface area contributed by atoms with Crippen molar-refractivity contribution >= 4 is 47.0 Å². The molecule has 8 heteroatoms. The van der Waals surface area contributed by atoms with Crippen molar-refractivity contribution in [3.63, 3.8) is 0 Å². The van der Waals surface area contributed by atoms with Gasteiger partial charge >= 0.3 is 0 Å². The number of amidine groups is 1. The quantitative estimate of drug-likeness (QED) is 0.127. The second-order valence-corrected chi connectivity index (χ2v) is 17.4. The van der Waals surface area contributed by atoms with E-state index in [1.807, 2.05) is 29.0 Å².